The Balaban J connectivity index is 0.000000490. The highest BCUT2D eigenvalue weighted by Gasteiger charge is 1.94. The van der Waals surface area contributed by atoms with Crippen LogP contribution in [0.15, 0.2) is 9.98 Å². The number of rotatable bonds is 0. The molecule has 0 spiro atoms. The number of carbonyl (C=O) groups is 1. The van der Waals surface area contributed by atoms with Gasteiger partial charge < -0.3 is 5.48 Å². The molecule has 1 heterocycles. The quantitative estimate of drug-likeness (QED) is 0.391. The molecule has 0 radical (unpaired) electrons. The van der Waals surface area contributed by atoms with Gasteiger partial charge in [0.05, 0.1) is 6.21 Å². The van der Waals surface area contributed by atoms with Crippen LogP contribution in [0.5, 0.6) is 0 Å². The van der Waals surface area contributed by atoms with E-state index in [1.807, 2.05) is 0 Å². The summed E-state index contributed by atoms with van der Waals surface area (Å²) in [4.78, 5) is 17.3. The summed E-state index contributed by atoms with van der Waals surface area (Å²) in [5, 5.41) is 0. The number of hydrogen-bond donors (Lipinski definition) is 0. The summed E-state index contributed by atoms with van der Waals surface area (Å²) < 4.78 is 0. The molecule has 0 fully saturated rings. The zero-order valence-corrected chi connectivity index (χ0v) is 4.16. The summed E-state index contributed by atoms with van der Waals surface area (Å²) >= 11 is 0. The molecule has 0 atom stereocenters. The molecule has 0 aromatic heterocycles. The number of nitrogens with zero attached hydrogens (tertiary/aromatic N) is 2. The standard InChI is InChI=1S/C4H4N2O.H2O/c7-4-1-5-3-6-2-4;/h1,3H,2H2;1H2. The zero-order chi connectivity index (χ0) is 5.11. The van der Waals surface area contributed by atoms with Gasteiger partial charge in [-0.05, 0) is 0 Å². The van der Waals surface area contributed by atoms with E-state index in [-0.39, 0.29) is 17.8 Å². The van der Waals surface area contributed by atoms with E-state index in [0.717, 1.165) is 0 Å². The first-order valence-electron chi connectivity index (χ1n) is 1.94. The molecule has 0 saturated carbocycles. The van der Waals surface area contributed by atoms with Crippen molar-refractivity contribution in [3.8, 4) is 0 Å². The van der Waals surface area contributed by atoms with Gasteiger partial charge >= 0.3 is 0 Å². The maximum Gasteiger partial charge on any atom is 0.195 e. The molecule has 2 N–H and O–H groups in total. The lowest BCUT2D eigenvalue weighted by Gasteiger charge is -1.88. The third kappa shape index (κ3) is 1.61. The minimum Gasteiger partial charge on any atom is -0.412 e. The molecule has 0 aliphatic carbocycles. The van der Waals surface area contributed by atoms with Crippen molar-refractivity contribution in [2.75, 3.05) is 6.54 Å². The van der Waals surface area contributed by atoms with Gasteiger partial charge in [0.25, 0.3) is 0 Å². The molecule has 0 saturated heterocycles. The molecular weight excluding hydrogens is 108 g/mol. The number of ketones is 1. The Bertz CT molecular complexity index is 139. The fourth-order valence-corrected chi connectivity index (χ4v) is 0.335. The van der Waals surface area contributed by atoms with E-state index < -0.39 is 0 Å². The van der Waals surface area contributed by atoms with Crippen LogP contribution in [0.25, 0.3) is 0 Å². The van der Waals surface area contributed by atoms with Gasteiger partial charge in [-0.2, -0.15) is 0 Å². The van der Waals surface area contributed by atoms with Crippen LogP contribution >= 0.6 is 0 Å². The van der Waals surface area contributed by atoms with Crippen molar-refractivity contribution in [1.82, 2.24) is 0 Å². The minimum absolute atomic E-state index is 0. The van der Waals surface area contributed by atoms with Gasteiger partial charge in [-0.25, -0.2) is 4.99 Å². The Labute approximate surface area is 46.3 Å². The van der Waals surface area contributed by atoms with Crippen LogP contribution in [0.3, 0.4) is 0 Å². The van der Waals surface area contributed by atoms with E-state index in [4.69, 9.17) is 0 Å². The van der Waals surface area contributed by atoms with E-state index in [1.54, 1.807) is 0 Å². The van der Waals surface area contributed by atoms with Crippen LogP contribution in [-0.4, -0.2) is 30.4 Å². The van der Waals surface area contributed by atoms with E-state index in [0.29, 0.717) is 0 Å². The first kappa shape index (κ1) is 6.97. The van der Waals surface area contributed by atoms with Crippen molar-refractivity contribution in [2.45, 2.75) is 0 Å². The molecule has 1 aliphatic rings. The predicted molar refractivity (Wildman–Crippen MR) is 30.5 cm³/mol. The molecule has 0 amide bonds. The van der Waals surface area contributed by atoms with E-state index in [1.165, 1.54) is 12.6 Å². The predicted octanol–water partition coefficient (Wildman–Crippen LogP) is -1.16. The minimum atomic E-state index is -0.0255. The van der Waals surface area contributed by atoms with Crippen LogP contribution in [-0.2, 0) is 4.79 Å². The molecule has 1 rings (SSSR count). The average Bonchev–Trinajstić information content (AvgIpc) is 1.69. The van der Waals surface area contributed by atoms with Gasteiger partial charge in [-0.3, -0.25) is 9.79 Å². The lowest BCUT2D eigenvalue weighted by atomic mass is 10.4. The van der Waals surface area contributed by atoms with Crippen LogP contribution < -0.4 is 0 Å². The van der Waals surface area contributed by atoms with Crippen molar-refractivity contribution < 1.29 is 10.3 Å². The normalized spacial score (nSPS) is 15.8. The van der Waals surface area contributed by atoms with Gasteiger partial charge in [0.2, 0.25) is 0 Å². The van der Waals surface area contributed by atoms with Gasteiger partial charge in [-0.15, -0.1) is 0 Å². The Kier molecular flexibility index (Phi) is 2.64. The fraction of sp³-hybridized carbons (Fsp3) is 0.250. The summed E-state index contributed by atoms with van der Waals surface area (Å²) in [7, 11) is 0. The van der Waals surface area contributed by atoms with Crippen molar-refractivity contribution in [1.29, 1.82) is 0 Å². The Morgan fingerprint density at radius 2 is 2.38 bits per heavy atom. The first-order chi connectivity index (χ1) is 3.39. The Hall–Kier alpha value is -1.03. The summed E-state index contributed by atoms with van der Waals surface area (Å²) in [5.41, 5.74) is 0. The third-order valence-electron chi connectivity index (χ3n) is 0.614. The molecule has 4 heteroatoms. The van der Waals surface area contributed by atoms with Gasteiger partial charge in [0.1, 0.15) is 12.9 Å². The molecule has 0 bridgehead atoms. The molecule has 0 unspecified atom stereocenters. The number of carbonyl (C=O) groups excluding carboxylic acids is 1. The lowest BCUT2D eigenvalue weighted by Crippen LogP contribution is -2.06. The lowest BCUT2D eigenvalue weighted by molar-refractivity contribution is -0.111. The largest absolute Gasteiger partial charge is 0.412 e. The number of aliphatic imine (C=N–C) groups is 2. The van der Waals surface area contributed by atoms with E-state index >= 15 is 0 Å². The second-order valence-electron chi connectivity index (χ2n) is 1.20. The van der Waals surface area contributed by atoms with Crippen molar-refractivity contribution >= 4 is 18.3 Å². The molecule has 0 aromatic carbocycles. The second kappa shape index (κ2) is 3.04. The molecule has 8 heavy (non-hydrogen) atoms. The van der Waals surface area contributed by atoms with Gasteiger partial charge in [0.15, 0.2) is 5.78 Å². The zero-order valence-electron chi connectivity index (χ0n) is 4.16. The Morgan fingerprint density at radius 1 is 1.62 bits per heavy atom. The van der Waals surface area contributed by atoms with Crippen LogP contribution in [0, 0.1) is 0 Å². The first-order valence-corrected chi connectivity index (χ1v) is 1.94. The van der Waals surface area contributed by atoms with Crippen LogP contribution in [0.2, 0.25) is 0 Å². The summed E-state index contributed by atoms with van der Waals surface area (Å²) in [6.45, 7) is 0.267. The van der Waals surface area contributed by atoms with Crippen LogP contribution in [0.4, 0.5) is 0 Å². The Morgan fingerprint density at radius 3 is 2.62 bits per heavy atom. The van der Waals surface area contributed by atoms with Crippen LogP contribution in [0.1, 0.15) is 0 Å². The highest BCUT2D eigenvalue weighted by Crippen LogP contribution is 1.76. The molecular formula is C4H6N2O2. The fourth-order valence-electron chi connectivity index (χ4n) is 0.335. The highest BCUT2D eigenvalue weighted by atomic mass is 16.1. The van der Waals surface area contributed by atoms with Gasteiger partial charge in [-0.1, -0.05) is 0 Å². The molecule has 4 nitrogen and oxygen atoms in total. The average molecular weight is 114 g/mol. The van der Waals surface area contributed by atoms with Crippen molar-refractivity contribution in [3.05, 3.63) is 0 Å². The van der Waals surface area contributed by atoms with Crippen molar-refractivity contribution in [3.63, 3.8) is 0 Å². The summed E-state index contributed by atoms with van der Waals surface area (Å²) in [5.74, 6) is -0.0255. The highest BCUT2D eigenvalue weighted by molar-refractivity contribution is 6.30. The maximum atomic E-state index is 10.2. The van der Waals surface area contributed by atoms with Gasteiger partial charge in [0, 0.05) is 0 Å². The monoisotopic (exact) mass is 114 g/mol. The van der Waals surface area contributed by atoms with Crippen molar-refractivity contribution in [2.24, 2.45) is 9.98 Å². The second-order valence-corrected chi connectivity index (χ2v) is 1.20. The molecule has 1 aliphatic heterocycles. The van der Waals surface area contributed by atoms with E-state index in [9.17, 15) is 4.79 Å². The maximum absolute atomic E-state index is 10.2. The SMILES string of the molecule is O.O=C1C=NC=NC1. The third-order valence-corrected chi connectivity index (χ3v) is 0.614. The summed E-state index contributed by atoms with van der Waals surface area (Å²) in [6.07, 6.45) is 2.65. The van der Waals surface area contributed by atoms with E-state index in [2.05, 4.69) is 9.98 Å². The molecule has 44 valence electrons. The number of Topliss-reactive ketones (excluding diaryl/α,β-unsaturated/α-hetero) is 1. The smallest absolute Gasteiger partial charge is 0.195 e. The summed E-state index contributed by atoms with van der Waals surface area (Å²) in [6, 6.07) is 0. The topological polar surface area (TPSA) is 73.3 Å². The number of hydrogen-bond acceptors (Lipinski definition) is 3. The molecule has 0 aromatic rings.